The molecule has 1 aromatic carbocycles. The summed E-state index contributed by atoms with van der Waals surface area (Å²) in [7, 11) is 0. The standard InChI is InChI=1S/C9H9F3.CH4/c1-5(2)7-3-6(10)4-8(11)9(7)12;/h3-5H,1-2H3;1H4. The van der Waals surface area contributed by atoms with Gasteiger partial charge in [0.25, 0.3) is 0 Å². The minimum Gasteiger partial charge on any atom is -0.207 e. The minimum absolute atomic E-state index is 0. The van der Waals surface area contributed by atoms with Gasteiger partial charge in [0.15, 0.2) is 11.6 Å². The Morgan fingerprint density at radius 3 is 2.08 bits per heavy atom. The van der Waals surface area contributed by atoms with Crippen LogP contribution in [0.3, 0.4) is 0 Å². The van der Waals surface area contributed by atoms with Gasteiger partial charge in [-0.25, -0.2) is 13.2 Å². The molecule has 0 aliphatic carbocycles. The van der Waals surface area contributed by atoms with Gasteiger partial charge in [0.05, 0.1) is 0 Å². The van der Waals surface area contributed by atoms with Crippen LogP contribution < -0.4 is 0 Å². The molecular formula is C10H13F3. The summed E-state index contributed by atoms with van der Waals surface area (Å²) in [5, 5.41) is 0. The zero-order valence-corrected chi connectivity index (χ0v) is 6.87. The number of benzene rings is 1. The summed E-state index contributed by atoms with van der Waals surface area (Å²) >= 11 is 0. The molecule has 0 aliphatic rings. The highest BCUT2D eigenvalue weighted by atomic mass is 19.2. The lowest BCUT2D eigenvalue weighted by Gasteiger charge is -2.06. The van der Waals surface area contributed by atoms with E-state index in [0.717, 1.165) is 6.07 Å². The molecule has 0 radical (unpaired) electrons. The highest BCUT2D eigenvalue weighted by Gasteiger charge is 2.12. The third-order valence-corrected chi connectivity index (χ3v) is 1.64. The average Bonchev–Trinajstić information content (AvgIpc) is 1.96. The van der Waals surface area contributed by atoms with E-state index in [1.54, 1.807) is 13.8 Å². The maximum absolute atomic E-state index is 12.9. The van der Waals surface area contributed by atoms with E-state index in [2.05, 4.69) is 0 Å². The van der Waals surface area contributed by atoms with Crippen molar-refractivity contribution in [1.29, 1.82) is 0 Å². The normalized spacial score (nSPS) is 10.0. The number of hydrogen-bond donors (Lipinski definition) is 0. The van der Waals surface area contributed by atoms with E-state index in [0.29, 0.717) is 6.07 Å². The van der Waals surface area contributed by atoms with Crippen molar-refractivity contribution in [3.05, 3.63) is 35.1 Å². The van der Waals surface area contributed by atoms with Crippen LogP contribution in [0.2, 0.25) is 0 Å². The molecule has 3 heteroatoms. The van der Waals surface area contributed by atoms with Crippen LogP contribution in [-0.2, 0) is 0 Å². The first kappa shape index (κ1) is 12.0. The molecule has 13 heavy (non-hydrogen) atoms. The lowest BCUT2D eigenvalue weighted by atomic mass is 10.0. The molecule has 0 nitrogen and oxygen atoms in total. The van der Waals surface area contributed by atoms with E-state index in [1.165, 1.54) is 0 Å². The minimum atomic E-state index is -1.13. The third-order valence-electron chi connectivity index (χ3n) is 1.64. The maximum Gasteiger partial charge on any atom is 0.162 e. The summed E-state index contributed by atoms with van der Waals surface area (Å²) < 4.78 is 38.0. The molecule has 0 fully saturated rings. The predicted octanol–water partition coefficient (Wildman–Crippen LogP) is 3.86. The van der Waals surface area contributed by atoms with Crippen LogP contribution in [0.1, 0.15) is 32.8 Å². The maximum atomic E-state index is 12.9. The van der Waals surface area contributed by atoms with Gasteiger partial charge in [-0.3, -0.25) is 0 Å². The zero-order valence-electron chi connectivity index (χ0n) is 6.87. The van der Waals surface area contributed by atoms with Crippen LogP contribution in [-0.4, -0.2) is 0 Å². The summed E-state index contributed by atoms with van der Waals surface area (Å²) in [4.78, 5) is 0. The summed E-state index contributed by atoms with van der Waals surface area (Å²) in [5.74, 6) is -3.03. The molecule has 0 unspecified atom stereocenters. The summed E-state index contributed by atoms with van der Waals surface area (Å²) in [5.41, 5.74) is 0.0764. The van der Waals surface area contributed by atoms with Gasteiger partial charge in [0.2, 0.25) is 0 Å². The van der Waals surface area contributed by atoms with Crippen LogP contribution in [0, 0.1) is 17.5 Å². The summed E-state index contributed by atoms with van der Waals surface area (Å²) in [6.07, 6.45) is 0. The smallest absolute Gasteiger partial charge is 0.162 e. The Hall–Kier alpha value is -0.990. The van der Waals surface area contributed by atoms with Gasteiger partial charge in [-0.1, -0.05) is 21.3 Å². The number of rotatable bonds is 1. The zero-order chi connectivity index (χ0) is 9.30. The van der Waals surface area contributed by atoms with Crippen LogP contribution in [0.4, 0.5) is 13.2 Å². The first-order chi connectivity index (χ1) is 5.52. The average molecular weight is 190 g/mol. The largest absolute Gasteiger partial charge is 0.207 e. The van der Waals surface area contributed by atoms with E-state index in [-0.39, 0.29) is 18.9 Å². The Balaban J connectivity index is 0.00000144. The molecule has 0 spiro atoms. The highest BCUT2D eigenvalue weighted by Crippen LogP contribution is 2.21. The van der Waals surface area contributed by atoms with Crippen molar-refractivity contribution in [3.8, 4) is 0 Å². The van der Waals surface area contributed by atoms with E-state index >= 15 is 0 Å². The molecule has 0 amide bonds. The van der Waals surface area contributed by atoms with E-state index < -0.39 is 17.5 Å². The van der Waals surface area contributed by atoms with Crippen molar-refractivity contribution in [2.75, 3.05) is 0 Å². The molecule has 0 heterocycles. The Morgan fingerprint density at radius 1 is 1.08 bits per heavy atom. The fraction of sp³-hybridized carbons (Fsp3) is 0.400. The Kier molecular flexibility index (Phi) is 3.98. The Morgan fingerprint density at radius 2 is 1.62 bits per heavy atom. The molecule has 0 atom stereocenters. The van der Waals surface area contributed by atoms with Crippen LogP contribution >= 0.6 is 0 Å². The van der Waals surface area contributed by atoms with Gasteiger partial charge in [-0.15, -0.1) is 0 Å². The van der Waals surface area contributed by atoms with Crippen molar-refractivity contribution in [3.63, 3.8) is 0 Å². The third kappa shape index (κ3) is 2.47. The molecule has 0 N–H and O–H groups in total. The monoisotopic (exact) mass is 190 g/mol. The van der Waals surface area contributed by atoms with Gasteiger partial charge in [-0.2, -0.15) is 0 Å². The van der Waals surface area contributed by atoms with E-state index in [9.17, 15) is 13.2 Å². The molecule has 74 valence electrons. The fourth-order valence-electron chi connectivity index (χ4n) is 0.996. The van der Waals surface area contributed by atoms with Crippen molar-refractivity contribution in [2.45, 2.75) is 27.2 Å². The molecule has 0 aromatic heterocycles. The molecule has 0 aliphatic heterocycles. The Labute approximate surface area is 76.4 Å². The van der Waals surface area contributed by atoms with E-state index in [4.69, 9.17) is 0 Å². The molecular weight excluding hydrogens is 177 g/mol. The molecule has 0 bridgehead atoms. The van der Waals surface area contributed by atoms with E-state index in [1.807, 2.05) is 0 Å². The topological polar surface area (TPSA) is 0 Å². The van der Waals surface area contributed by atoms with Crippen molar-refractivity contribution >= 4 is 0 Å². The quantitative estimate of drug-likeness (QED) is 0.590. The number of hydrogen-bond acceptors (Lipinski definition) is 0. The van der Waals surface area contributed by atoms with Crippen LogP contribution in [0.25, 0.3) is 0 Å². The lowest BCUT2D eigenvalue weighted by molar-refractivity contribution is 0.480. The molecule has 0 saturated carbocycles. The fourth-order valence-corrected chi connectivity index (χ4v) is 0.996. The van der Waals surface area contributed by atoms with Gasteiger partial charge in [-0.05, 0) is 17.5 Å². The molecule has 1 aromatic rings. The highest BCUT2D eigenvalue weighted by molar-refractivity contribution is 5.22. The summed E-state index contributed by atoms with van der Waals surface area (Å²) in [6, 6.07) is 1.56. The van der Waals surface area contributed by atoms with Gasteiger partial charge in [0.1, 0.15) is 5.82 Å². The molecule has 0 saturated heterocycles. The second-order valence-electron chi connectivity index (χ2n) is 2.95. The van der Waals surface area contributed by atoms with Gasteiger partial charge < -0.3 is 0 Å². The lowest BCUT2D eigenvalue weighted by Crippen LogP contribution is -1.97. The van der Waals surface area contributed by atoms with Crippen molar-refractivity contribution in [1.82, 2.24) is 0 Å². The SMILES string of the molecule is C.CC(C)c1cc(F)cc(F)c1F. The number of halogens is 3. The first-order valence-corrected chi connectivity index (χ1v) is 3.67. The van der Waals surface area contributed by atoms with Gasteiger partial charge >= 0.3 is 0 Å². The first-order valence-electron chi connectivity index (χ1n) is 3.67. The van der Waals surface area contributed by atoms with Crippen LogP contribution in [0.5, 0.6) is 0 Å². The summed E-state index contributed by atoms with van der Waals surface area (Å²) in [6.45, 7) is 3.36. The van der Waals surface area contributed by atoms with Gasteiger partial charge in [0, 0.05) is 6.07 Å². The Bertz CT molecular complexity index is 292. The second-order valence-corrected chi connectivity index (χ2v) is 2.95. The predicted molar refractivity (Wildman–Crippen MR) is 47.1 cm³/mol. The van der Waals surface area contributed by atoms with Crippen LogP contribution in [0.15, 0.2) is 12.1 Å². The molecule has 1 rings (SSSR count). The second kappa shape index (κ2) is 4.30. The van der Waals surface area contributed by atoms with Crippen molar-refractivity contribution in [2.24, 2.45) is 0 Å². The van der Waals surface area contributed by atoms with Crippen molar-refractivity contribution < 1.29 is 13.2 Å².